The van der Waals surface area contributed by atoms with E-state index in [1.54, 1.807) is 60.8 Å². The summed E-state index contributed by atoms with van der Waals surface area (Å²) in [7, 11) is 0. The summed E-state index contributed by atoms with van der Waals surface area (Å²) >= 11 is 0. The summed E-state index contributed by atoms with van der Waals surface area (Å²) in [5.74, 6) is -0.230. The van der Waals surface area contributed by atoms with Gasteiger partial charge in [-0.05, 0) is 36.8 Å². The van der Waals surface area contributed by atoms with Gasteiger partial charge in [-0.15, -0.1) is 0 Å². The number of hydrogen-bond acceptors (Lipinski definition) is 12. The van der Waals surface area contributed by atoms with Crippen LogP contribution in [0.25, 0.3) is 0 Å². The molecular formula is C32H36N2O10. The van der Waals surface area contributed by atoms with Crippen molar-refractivity contribution in [2.24, 2.45) is 5.41 Å². The first kappa shape index (κ1) is 30.6. The SMILES string of the molecule is CC(C)(CO)C(OC1OC1c1ccccc1OC(=O)c1ccccc1OC(O)c1cccnc1)C1OC1NCCC1OC1O. The molecule has 4 N–H and O–H groups in total. The van der Waals surface area contributed by atoms with E-state index in [9.17, 15) is 20.1 Å². The number of rotatable bonds is 15. The molecule has 0 saturated carbocycles. The molecule has 3 aliphatic heterocycles. The standard InChI is InChI=1S/C32H36N2O10/c1-32(2,17-35)26(25-27(42-25)34-15-13-23-30(38)41-23)44-31-24(43-31)19-9-3-5-11-21(19)40-29(37)20-10-4-6-12-22(20)39-28(36)18-8-7-14-33-16-18/h3-12,14,16,23-28,30-31,34-36,38H,13,15,17H2,1-2H3. The predicted molar refractivity (Wildman–Crippen MR) is 153 cm³/mol. The number of pyridine rings is 1. The highest BCUT2D eigenvalue weighted by Crippen LogP contribution is 2.47. The molecule has 8 unspecified atom stereocenters. The lowest BCUT2D eigenvalue weighted by atomic mass is 9.85. The zero-order chi connectivity index (χ0) is 30.8. The molecule has 4 heterocycles. The number of nitrogens with zero attached hydrogens (tertiary/aromatic N) is 1. The Morgan fingerprint density at radius 2 is 1.80 bits per heavy atom. The number of para-hydroxylation sites is 2. The van der Waals surface area contributed by atoms with E-state index in [4.69, 9.17) is 28.4 Å². The first-order valence-electron chi connectivity index (χ1n) is 14.5. The van der Waals surface area contributed by atoms with Crippen molar-refractivity contribution >= 4 is 5.97 Å². The fourth-order valence-corrected chi connectivity index (χ4v) is 5.01. The number of carbonyl (C=O) groups is 1. The third-order valence-corrected chi connectivity index (χ3v) is 7.81. The number of epoxide rings is 3. The Balaban J connectivity index is 1.09. The highest BCUT2D eigenvalue weighted by Gasteiger charge is 2.55. The van der Waals surface area contributed by atoms with Crippen LogP contribution in [0.2, 0.25) is 0 Å². The molecule has 8 atom stereocenters. The zero-order valence-electron chi connectivity index (χ0n) is 24.3. The van der Waals surface area contributed by atoms with Gasteiger partial charge in [-0.25, -0.2) is 4.79 Å². The lowest BCUT2D eigenvalue weighted by Gasteiger charge is -2.31. The molecule has 3 aliphatic rings. The van der Waals surface area contributed by atoms with Crippen molar-refractivity contribution in [1.29, 1.82) is 0 Å². The molecule has 44 heavy (non-hydrogen) atoms. The molecule has 6 rings (SSSR count). The molecule has 12 nitrogen and oxygen atoms in total. The maximum absolute atomic E-state index is 13.3. The van der Waals surface area contributed by atoms with Crippen LogP contribution in [0.4, 0.5) is 0 Å². The van der Waals surface area contributed by atoms with Crippen LogP contribution in [0, 0.1) is 5.41 Å². The lowest BCUT2D eigenvalue weighted by molar-refractivity contribution is -0.0965. The Hall–Kier alpha value is -3.46. The molecule has 0 spiro atoms. The van der Waals surface area contributed by atoms with Gasteiger partial charge < -0.3 is 43.7 Å². The fourth-order valence-electron chi connectivity index (χ4n) is 5.01. The van der Waals surface area contributed by atoms with Crippen molar-refractivity contribution in [3.05, 3.63) is 89.7 Å². The van der Waals surface area contributed by atoms with Crippen molar-refractivity contribution in [3.63, 3.8) is 0 Å². The average Bonchev–Trinajstić information content (AvgIpc) is 3.96. The summed E-state index contributed by atoms with van der Waals surface area (Å²) in [6.07, 6.45) is -0.643. The van der Waals surface area contributed by atoms with Crippen molar-refractivity contribution < 1.29 is 48.5 Å². The summed E-state index contributed by atoms with van der Waals surface area (Å²) in [6, 6.07) is 16.9. The van der Waals surface area contributed by atoms with Gasteiger partial charge in [0.1, 0.15) is 41.6 Å². The second-order valence-electron chi connectivity index (χ2n) is 11.6. The smallest absolute Gasteiger partial charge is 0.347 e. The molecule has 0 radical (unpaired) electrons. The van der Waals surface area contributed by atoms with Crippen LogP contribution in [-0.4, -0.2) is 76.5 Å². The quantitative estimate of drug-likeness (QED) is 0.0863. The molecule has 12 heteroatoms. The maximum atomic E-state index is 13.3. The minimum Gasteiger partial charge on any atom is -0.460 e. The molecule has 0 amide bonds. The number of esters is 1. The van der Waals surface area contributed by atoms with E-state index in [0.29, 0.717) is 29.8 Å². The van der Waals surface area contributed by atoms with Crippen LogP contribution < -0.4 is 14.8 Å². The topological polar surface area (TPSA) is 168 Å². The molecular weight excluding hydrogens is 572 g/mol. The van der Waals surface area contributed by atoms with E-state index in [0.717, 1.165) is 0 Å². The maximum Gasteiger partial charge on any atom is 0.347 e. The van der Waals surface area contributed by atoms with Crippen LogP contribution in [0.15, 0.2) is 73.1 Å². The molecule has 3 fully saturated rings. The predicted octanol–water partition coefficient (Wildman–Crippen LogP) is 2.59. The number of hydrogen-bond donors (Lipinski definition) is 4. The van der Waals surface area contributed by atoms with Crippen LogP contribution >= 0.6 is 0 Å². The normalized spacial score (nSPS) is 26.8. The van der Waals surface area contributed by atoms with Gasteiger partial charge in [0.05, 0.1) is 12.7 Å². The summed E-state index contributed by atoms with van der Waals surface area (Å²) in [5, 5.41) is 33.2. The van der Waals surface area contributed by atoms with Crippen molar-refractivity contribution in [1.82, 2.24) is 10.3 Å². The van der Waals surface area contributed by atoms with Crippen LogP contribution in [0.1, 0.15) is 54.1 Å². The van der Waals surface area contributed by atoms with Gasteiger partial charge >= 0.3 is 5.97 Å². The van der Waals surface area contributed by atoms with E-state index in [1.807, 2.05) is 19.9 Å². The van der Waals surface area contributed by atoms with E-state index in [-0.39, 0.29) is 36.4 Å². The first-order chi connectivity index (χ1) is 21.2. The van der Waals surface area contributed by atoms with Crippen molar-refractivity contribution in [2.45, 2.75) is 69.8 Å². The zero-order valence-corrected chi connectivity index (χ0v) is 24.3. The number of aliphatic hydroxyl groups is 3. The molecule has 3 aromatic rings. The van der Waals surface area contributed by atoms with E-state index < -0.39 is 42.5 Å². The van der Waals surface area contributed by atoms with E-state index >= 15 is 0 Å². The number of aliphatic hydroxyl groups excluding tert-OH is 3. The van der Waals surface area contributed by atoms with Gasteiger partial charge in [-0.3, -0.25) is 10.3 Å². The Kier molecular flexibility index (Phi) is 8.94. The Bertz CT molecular complexity index is 1440. The molecule has 2 aromatic carbocycles. The number of carbonyl (C=O) groups excluding carboxylic acids is 1. The minimum atomic E-state index is -1.33. The lowest BCUT2D eigenvalue weighted by Crippen LogP contribution is -2.42. The molecule has 234 valence electrons. The number of aromatic nitrogens is 1. The van der Waals surface area contributed by atoms with Crippen LogP contribution in [0.5, 0.6) is 11.5 Å². The fraction of sp³-hybridized carbons (Fsp3) is 0.438. The molecule has 1 aromatic heterocycles. The second-order valence-corrected chi connectivity index (χ2v) is 11.6. The monoisotopic (exact) mass is 608 g/mol. The van der Waals surface area contributed by atoms with Gasteiger partial charge in [-0.1, -0.05) is 44.2 Å². The molecule has 0 aliphatic carbocycles. The third kappa shape index (κ3) is 7.09. The van der Waals surface area contributed by atoms with Gasteiger partial charge in [0.15, 0.2) is 12.6 Å². The Labute approximate surface area is 254 Å². The third-order valence-electron chi connectivity index (χ3n) is 7.81. The summed E-state index contributed by atoms with van der Waals surface area (Å²) in [4.78, 5) is 17.3. The van der Waals surface area contributed by atoms with Gasteiger partial charge in [0.25, 0.3) is 0 Å². The van der Waals surface area contributed by atoms with Gasteiger partial charge in [0, 0.05) is 35.5 Å². The van der Waals surface area contributed by atoms with Crippen molar-refractivity contribution in [3.8, 4) is 11.5 Å². The summed E-state index contributed by atoms with van der Waals surface area (Å²) in [6.45, 7) is 4.26. The largest absolute Gasteiger partial charge is 0.460 e. The number of nitrogens with one attached hydrogen (secondary N) is 1. The van der Waals surface area contributed by atoms with Crippen LogP contribution in [0.3, 0.4) is 0 Å². The average molecular weight is 609 g/mol. The van der Waals surface area contributed by atoms with Gasteiger partial charge in [0.2, 0.25) is 6.29 Å². The highest BCUT2D eigenvalue weighted by molar-refractivity contribution is 5.94. The van der Waals surface area contributed by atoms with E-state index in [2.05, 4.69) is 10.3 Å². The minimum absolute atomic E-state index is 0.130. The molecule has 3 saturated heterocycles. The van der Waals surface area contributed by atoms with Crippen molar-refractivity contribution in [2.75, 3.05) is 13.2 Å². The second kappa shape index (κ2) is 12.9. The van der Waals surface area contributed by atoms with Crippen LogP contribution in [-0.2, 0) is 18.9 Å². The molecule has 0 bridgehead atoms. The van der Waals surface area contributed by atoms with Gasteiger partial charge in [-0.2, -0.15) is 0 Å². The van der Waals surface area contributed by atoms with E-state index in [1.165, 1.54) is 6.20 Å². The Morgan fingerprint density at radius 1 is 1.05 bits per heavy atom. The first-order valence-corrected chi connectivity index (χ1v) is 14.5. The Morgan fingerprint density at radius 3 is 2.52 bits per heavy atom. The summed E-state index contributed by atoms with van der Waals surface area (Å²) in [5.41, 5.74) is 0.553. The highest BCUT2D eigenvalue weighted by atomic mass is 16.8. The summed E-state index contributed by atoms with van der Waals surface area (Å²) < 4.78 is 34.6. The number of benzene rings is 2. The number of ether oxygens (including phenoxy) is 6.